The third kappa shape index (κ3) is 4.48. The van der Waals surface area contributed by atoms with Gasteiger partial charge in [-0.25, -0.2) is 4.99 Å². The Labute approximate surface area is 190 Å². The van der Waals surface area contributed by atoms with E-state index in [1.807, 2.05) is 54.6 Å². The maximum absolute atomic E-state index is 13.1. The van der Waals surface area contributed by atoms with Crippen LogP contribution in [0.3, 0.4) is 0 Å². The van der Waals surface area contributed by atoms with Crippen molar-refractivity contribution in [3.8, 4) is 0 Å². The molecule has 1 N–H and O–H groups in total. The molecular weight excluding hydrogens is 433 g/mol. The van der Waals surface area contributed by atoms with Gasteiger partial charge in [0.15, 0.2) is 0 Å². The van der Waals surface area contributed by atoms with Crippen molar-refractivity contribution >= 4 is 46.4 Å². The van der Waals surface area contributed by atoms with Gasteiger partial charge in [-0.15, -0.1) is 0 Å². The van der Waals surface area contributed by atoms with Crippen molar-refractivity contribution in [2.24, 2.45) is 4.99 Å². The number of benzodiazepines with no additional fused rings is 1. The summed E-state index contributed by atoms with van der Waals surface area (Å²) in [4.78, 5) is 32.1. The number of nitrogens with zero attached hydrogens (tertiary/aromatic N) is 2. The van der Waals surface area contributed by atoms with Crippen molar-refractivity contribution in [3.05, 3.63) is 99.5 Å². The minimum Gasteiger partial charge on any atom is -0.326 e. The van der Waals surface area contributed by atoms with Crippen molar-refractivity contribution in [2.75, 3.05) is 11.9 Å². The molecule has 156 valence electrons. The lowest BCUT2D eigenvalue weighted by Gasteiger charge is -2.21. The van der Waals surface area contributed by atoms with Crippen molar-refractivity contribution in [2.45, 2.75) is 12.6 Å². The van der Waals surface area contributed by atoms with E-state index in [1.165, 1.54) is 4.90 Å². The predicted octanol–water partition coefficient (Wildman–Crippen LogP) is 4.49. The number of carbonyl (C=O) groups is 2. The second kappa shape index (κ2) is 8.92. The lowest BCUT2D eigenvalue weighted by molar-refractivity contribution is -0.126. The molecular formula is C24H19Cl2N3O2. The predicted molar refractivity (Wildman–Crippen MR) is 124 cm³/mol. The highest BCUT2D eigenvalue weighted by Gasteiger charge is 2.30. The van der Waals surface area contributed by atoms with E-state index in [2.05, 4.69) is 10.3 Å². The molecule has 4 rings (SSSR count). The summed E-state index contributed by atoms with van der Waals surface area (Å²) in [6, 6.07) is 22.1. The molecule has 1 atom stereocenters. The molecule has 31 heavy (non-hydrogen) atoms. The molecule has 7 heteroatoms. The summed E-state index contributed by atoms with van der Waals surface area (Å²) in [6.45, 7) is 0. The van der Waals surface area contributed by atoms with Crippen LogP contribution in [0.4, 0.5) is 5.69 Å². The Kier molecular flexibility index (Phi) is 6.07. The number of para-hydroxylation sites is 1. The van der Waals surface area contributed by atoms with Crippen LogP contribution in [0.1, 0.15) is 16.7 Å². The topological polar surface area (TPSA) is 61.8 Å². The fraction of sp³-hybridized carbons (Fsp3) is 0.125. The molecule has 2 amide bonds. The van der Waals surface area contributed by atoms with E-state index < -0.39 is 6.17 Å². The average molecular weight is 452 g/mol. The van der Waals surface area contributed by atoms with Gasteiger partial charge in [-0.05, 0) is 23.8 Å². The van der Waals surface area contributed by atoms with Gasteiger partial charge in [0.2, 0.25) is 12.1 Å². The highest BCUT2D eigenvalue weighted by molar-refractivity contribution is 6.35. The van der Waals surface area contributed by atoms with Crippen molar-refractivity contribution < 1.29 is 9.59 Å². The molecule has 0 bridgehead atoms. The van der Waals surface area contributed by atoms with Gasteiger partial charge >= 0.3 is 0 Å². The minimum absolute atomic E-state index is 0.00658. The SMILES string of the molecule is CN1C(=O)C(NC(=O)Cc2ccc(Cl)cc2Cl)N=C(c2ccccc2)c2ccccc21. The molecule has 0 radical (unpaired) electrons. The summed E-state index contributed by atoms with van der Waals surface area (Å²) >= 11 is 12.1. The first kappa shape index (κ1) is 21.1. The maximum Gasteiger partial charge on any atom is 0.272 e. The van der Waals surface area contributed by atoms with Gasteiger partial charge in [-0.2, -0.15) is 0 Å². The van der Waals surface area contributed by atoms with E-state index in [9.17, 15) is 9.59 Å². The Morgan fingerprint density at radius 1 is 1.03 bits per heavy atom. The van der Waals surface area contributed by atoms with Gasteiger partial charge in [-0.1, -0.05) is 77.8 Å². The van der Waals surface area contributed by atoms with Gasteiger partial charge in [0.25, 0.3) is 5.91 Å². The second-order valence-electron chi connectivity index (χ2n) is 7.14. The highest BCUT2D eigenvalue weighted by Crippen LogP contribution is 2.27. The minimum atomic E-state index is -1.06. The smallest absolute Gasteiger partial charge is 0.272 e. The Balaban J connectivity index is 1.68. The quantitative estimate of drug-likeness (QED) is 0.634. The summed E-state index contributed by atoms with van der Waals surface area (Å²) in [5, 5.41) is 3.64. The highest BCUT2D eigenvalue weighted by atomic mass is 35.5. The van der Waals surface area contributed by atoms with Crippen molar-refractivity contribution in [3.63, 3.8) is 0 Å². The number of carbonyl (C=O) groups excluding carboxylic acids is 2. The number of benzene rings is 3. The van der Waals surface area contributed by atoms with Crippen LogP contribution in [-0.2, 0) is 16.0 Å². The number of hydrogen-bond acceptors (Lipinski definition) is 3. The number of rotatable bonds is 4. The third-order valence-electron chi connectivity index (χ3n) is 5.05. The van der Waals surface area contributed by atoms with Crippen molar-refractivity contribution in [1.29, 1.82) is 0 Å². The van der Waals surface area contributed by atoms with Gasteiger partial charge in [0.1, 0.15) is 0 Å². The third-order valence-corrected chi connectivity index (χ3v) is 5.64. The first-order chi connectivity index (χ1) is 14.9. The molecule has 3 aromatic rings. The molecule has 5 nitrogen and oxygen atoms in total. The van der Waals surface area contributed by atoms with E-state index in [-0.39, 0.29) is 18.2 Å². The number of likely N-dealkylation sites (N-methyl/N-ethyl adjacent to an activating group) is 1. The molecule has 1 aliphatic rings. The number of fused-ring (bicyclic) bond motifs is 1. The molecule has 0 aliphatic carbocycles. The van der Waals surface area contributed by atoms with Crippen LogP contribution < -0.4 is 10.2 Å². The summed E-state index contributed by atoms with van der Waals surface area (Å²) in [6.07, 6.45) is -1.06. The molecule has 0 fully saturated rings. The zero-order chi connectivity index (χ0) is 22.0. The average Bonchev–Trinajstić information content (AvgIpc) is 2.87. The lowest BCUT2D eigenvalue weighted by Crippen LogP contribution is -2.46. The van der Waals surface area contributed by atoms with Gasteiger partial charge in [0.05, 0.1) is 17.8 Å². The van der Waals surface area contributed by atoms with E-state index in [1.54, 1.807) is 25.2 Å². The van der Waals surface area contributed by atoms with Crippen LogP contribution in [0.5, 0.6) is 0 Å². The summed E-state index contributed by atoms with van der Waals surface area (Å²) in [7, 11) is 1.68. The van der Waals surface area contributed by atoms with Crippen LogP contribution >= 0.6 is 23.2 Å². The lowest BCUT2D eigenvalue weighted by atomic mass is 10.0. The number of nitrogens with one attached hydrogen (secondary N) is 1. The molecule has 0 spiro atoms. The Hall–Kier alpha value is -3.15. The molecule has 1 aliphatic heterocycles. The van der Waals surface area contributed by atoms with Crippen LogP contribution in [-0.4, -0.2) is 30.7 Å². The largest absolute Gasteiger partial charge is 0.326 e. The molecule has 3 aromatic carbocycles. The summed E-state index contributed by atoms with van der Waals surface area (Å²) < 4.78 is 0. The van der Waals surface area contributed by atoms with Gasteiger partial charge < -0.3 is 10.2 Å². The summed E-state index contributed by atoms with van der Waals surface area (Å²) in [5.74, 6) is -0.688. The Morgan fingerprint density at radius 3 is 2.48 bits per heavy atom. The molecule has 0 aromatic heterocycles. The van der Waals surface area contributed by atoms with Crippen LogP contribution in [0, 0.1) is 0 Å². The number of aliphatic imine (C=N–C) groups is 1. The molecule has 1 heterocycles. The molecule has 0 saturated heterocycles. The zero-order valence-electron chi connectivity index (χ0n) is 16.7. The van der Waals surface area contributed by atoms with Gasteiger partial charge in [0, 0.05) is 28.2 Å². The molecule has 1 unspecified atom stereocenters. The zero-order valence-corrected chi connectivity index (χ0v) is 18.2. The van der Waals surface area contributed by atoms with Crippen molar-refractivity contribution in [1.82, 2.24) is 5.32 Å². The number of anilines is 1. The Bertz CT molecular complexity index is 1180. The Morgan fingerprint density at radius 2 is 1.74 bits per heavy atom. The molecule has 0 saturated carbocycles. The normalized spacial score (nSPS) is 15.7. The monoisotopic (exact) mass is 451 g/mol. The number of halogens is 2. The fourth-order valence-electron chi connectivity index (χ4n) is 3.48. The first-order valence-corrected chi connectivity index (χ1v) is 10.4. The van der Waals surface area contributed by atoms with Crippen LogP contribution in [0.15, 0.2) is 77.8 Å². The summed E-state index contributed by atoms with van der Waals surface area (Å²) in [5.41, 5.74) is 3.67. The van der Waals surface area contributed by atoms with E-state index >= 15 is 0 Å². The van der Waals surface area contributed by atoms with Crippen LogP contribution in [0.2, 0.25) is 10.0 Å². The second-order valence-corrected chi connectivity index (χ2v) is 7.98. The number of amides is 2. The first-order valence-electron chi connectivity index (χ1n) is 9.67. The van der Waals surface area contributed by atoms with E-state index in [4.69, 9.17) is 23.2 Å². The standard InChI is InChI=1S/C24H19Cl2N3O2/c1-29-20-10-6-5-9-18(20)22(15-7-3-2-4-8-15)28-23(24(29)31)27-21(30)13-16-11-12-17(25)14-19(16)26/h2-12,14,23H,13H2,1H3,(H,27,30). The fourth-order valence-corrected chi connectivity index (χ4v) is 3.96. The van der Waals surface area contributed by atoms with E-state index in [0.717, 1.165) is 16.8 Å². The van der Waals surface area contributed by atoms with E-state index in [0.29, 0.717) is 21.3 Å². The van der Waals surface area contributed by atoms with Gasteiger partial charge in [-0.3, -0.25) is 9.59 Å². The number of hydrogen-bond donors (Lipinski definition) is 1. The maximum atomic E-state index is 13.1. The van der Waals surface area contributed by atoms with Crippen LogP contribution in [0.25, 0.3) is 0 Å².